The largest absolute Gasteiger partial charge is 0.491 e. The summed E-state index contributed by atoms with van der Waals surface area (Å²) in [6.45, 7) is 3.53. The second kappa shape index (κ2) is 9.98. The molecule has 1 heterocycles. The molecular formula is C16H24Cl2N2O3. The fourth-order valence-corrected chi connectivity index (χ4v) is 2.96. The summed E-state index contributed by atoms with van der Waals surface area (Å²) in [7, 11) is 1.88. The Morgan fingerprint density at radius 1 is 1.39 bits per heavy atom. The molecule has 23 heavy (non-hydrogen) atoms. The molecule has 0 radical (unpaired) electrons. The van der Waals surface area contributed by atoms with Crippen molar-refractivity contribution in [2.24, 2.45) is 0 Å². The maximum absolute atomic E-state index is 10.7. The predicted molar refractivity (Wildman–Crippen MR) is 93.9 cm³/mol. The van der Waals surface area contributed by atoms with Crippen molar-refractivity contribution in [1.29, 1.82) is 0 Å². The highest BCUT2D eigenvalue weighted by atomic mass is 35.5. The minimum atomic E-state index is -0.766. The highest BCUT2D eigenvalue weighted by Crippen LogP contribution is 2.23. The fraction of sp³-hybridized carbons (Fsp3) is 0.562. The summed E-state index contributed by atoms with van der Waals surface area (Å²) in [5.41, 5.74) is 0. The summed E-state index contributed by atoms with van der Waals surface area (Å²) in [6, 6.07) is 7.84. The van der Waals surface area contributed by atoms with E-state index < -0.39 is 5.97 Å². The smallest absolute Gasteiger partial charge is 0.317 e. The minimum absolute atomic E-state index is 0. The molecule has 2 rings (SSSR count). The van der Waals surface area contributed by atoms with Crippen molar-refractivity contribution in [3.63, 3.8) is 0 Å². The minimum Gasteiger partial charge on any atom is -0.491 e. The van der Waals surface area contributed by atoms with Gasteiger partial charge in [-0.2, -0.15) is 0 Å². The Balaban J connectivity index is 0.00000264. The number of carbonyl (C=O) groups is 1. The second-order valence-corrected chi connectivity index (χ2v) is 6.07. The highest BCUT2D eigenvalue weighted by molar-refractivity contribution is 6.32. The normalized spacial score (nSPS) is 16.1. The number of benzene rings is 1. The SMILES string of the molecule is CN(CC(=O)O)C1CCN(CCOc2ccccc2Cl)CC1.Cl. The zero-order valence-electron chi connectivity index (χ0n) is 13.3. The molecule has 1 aromatic carbocycles. The van der Waals surface area contributed by atoms with E-state index in [9.17, 15) is 4.79 Å². The number of carboxylic acids is 1. The van der Waals surface area contributed by atoms with Gasteiger partial charge in [0.25, 0.3) is 0 Å². The first-order chi connectivity index (χ1) is 10.6. The van der Waals surface area contributed by atoms with Gasteiger partial charge in [-0.1, -0.05) is 23.7 Å². The number of hydrogen-bond donors (Lipinski definition) is 1. The van der Waals surface area contributed by atoms with E-state index in [1.54, 1.807) is 0 Å². The lowest BCUT2D eigenvalue weighted by molar-refractivity contribution is -0.138. The molecule has 0 aromatic heterocycles. The molecule has 0 amide bonds. The third-order valence-electron chi connectivity index (χ3n) is 4.07. The number of piperidine rings is 1. The maximum Gasteiger partial charge on any atom is 0.317 e. The van der Waals surface area contributed by atoms with Gasteiger partial charge in [-0.05, 0) is 45.1 Å². The molecule has 1 aromatic rings. The van der Waals surface area contributed by atoms with Crippen LogP contribution in [-0.4, -0.2) is 66.8 Å². The average Bonchev–Trinajstić information content (AvgIpc) is 2.49. The van der Waals surface area contributed by atoms with Gasteiger partial charge in [0, 0.05) is 12.6 Å². The molecule has 0 bridgehead atoms. The first-order valence-electron chi connectivity index (χ1n) is 7.58. The number of hydrogen-bond acceptors (Lipinski definition) is 4. The van der Waals surface area contributed by atoms with Crippen LogP contribution in [0.25, 0.3) is 0 Å². The van der Waals surface area contributed by atoms with Gasteiger partial charge in [-0.15, -0.1) is 12.4 Å². The monoisotopic (exact) mass is 362 g/mol. The molecule has 5 nitrogen and oxygen atoms in total. The molecular weight excluding hydrogens is 339 g/mol. The number of rotatable bonds is 7. The van der Waals surface area contributed by atoms with E-state index in [0.29, 0.717) is 17.7 Å². The summed E-state index contributed by atoms with van der Waals surface area (Å²) in [5, 5.41) is 9.47. The van der Waals surface area contributed by atoms with E-state index >= 15 is 0 Å². The molecule has 0 unspecified atom stereocenters. The second-order valence-electron chi connectivity index (χ2n) is 5.66. The van der Waals surface area contributed by atoms with E-state index in [4.69, 9.17) is 21.4 Å². The summed E-state index contributed by atoms with van der Waals surface area (Å²) < 4.78 is 5.70. The lowest BCUT2D eigenvalue weighted by atomic mass is 10.0. The zero-order valence-corrected chi connectivity index (χ0v) is 14.9. The van der Waals surface area contributed by atoms with Gasteiger partial charge in [0.05, 0.1) is 11.6 Å². The summed E-state index contributed by atoms with van der Waals surface area (Å²) in [5.74, 6) is -0.0432. The van der Waals surface area contributed by atoms with Crippen molar-refractivity contribution in [1.82, 2.24) is 9.80 Å². The number of aliphatic carboxylic acids is 1. The number of ether oxygens (including phenoxy) is 1. The van der Waals surface area contributed by atoms with E-state index in [1.165, 1.54) is 0 Å². The molecule has 0 aliphatic carbocycles. The Morgan fingerprint density at radius 2 is 2.04 bits per heavy atom. The summed E-state index contributed by atoms with van der Waals surface area (Å²) >= 11 is 6.05. The van der Waals surface area contributed by atoms with Crippen molar-refractivity contribution in [3.05, 3.63) is 29.3 Å². The third-order valence-corrected chi connectivity index (χ3v) is 4.38. The quantitative estimate of drug-likeness (QED) is 0.807. The van der Waals surface area contributed by atoms with Gasteiger partial charge in [-0.25, -0.2) is 0 Å². The fourth-order valence-electron chi connectivity index (χ4n) is 2.77. The Kier molecular flexibility index (Phi) is 8.69. The van der Waals surface area contributed by atoms with Gasteiger partial charge in [0.2, 0.25) is 0 Å². The number of halogens is 2. The molecule has 1 aliphatic heterocycles. The van der Waals surface area contributed by atoms with Crippen LogP contribution in [0.4, 0.5) is 0 Å². The van der Waals surface area contributed by atoms with Gasteiger partial charge >= 0.3 is 5.97 Å². The van der Waals surface area contributed by atoms with Crippen molar-refractivity contribution in [2.75, 3.05) is 39.8 Å². The van der Waals surface area contributed by atoms with Gasteiger partial charge in [0.15, 0.2) is 0 Å². The summed E-state index contributed by atoms with van der Waals surface area (Å²) in [4.78, 5) is 15.0. The number of carboxylic acid groups (broad SMARTS) is 1. The van der Waals surface area contributed by atoms with Crippen LogP contribution in [0.1, 0.15) is 12.8 Å². The van der Waals surface area contributed by atoms with Crippen LogP contribution in [0.3, 0.4) is 0 Å². The van der Waals surface area contributed by atoms with Crippen LogP contribution in [0.5, 0.6) is 5.75 Å². The first kappa shape index (κ1) is 20.0. The van der Waals surface area contributed by atoms with Gasteiger partial charge in [0.1, 0.15) is 12.4 Å². The zero-order chi connectivity index (χ0) is 15.9. The highest BCUT2D eigenvalue weighted by Gasteiger charge is 2.23. The molecule has 1 N–H and O–H groups in total. The molecule has 0 atom stereocenters. The standard InChI is InChI=1S/C16H23ClN2O3.ClH/c1-18(12-16(20)21)13-6-8-19(9-7-13)10-11-22-15-5-3-2-4-14(15)17;/h2-5,13H,6-12H2,1H3,(H,20,21);1H. The van der Waals surface area contributed by atoms with Crippen LogP contribution in [-0.2, 0) is 4.79 Å². The van der Waals surface area contributed by atoms with Crippen LogP contribution in [0.15, 0.2) is 24.3 Å². The average molecular weight is 363 g/mol. The van der Waals surface area contributed by atoms with E-state index in [-0.39, 0.29) is 19.0 Å². The van der Waals surface area contributed by atoms with Crippen LogP contribution >= 0.6 is 24.0 Å². The van der Waals surface area contributed by atoms with Gasteiger partial charge in [-0.3, -0.25) is 14.6 Å². The van der Waals surface area contributed by atoms with Crippen molar-refractivity contribution in [2.45, 2.75) is 18.9 Å². The topological polar surface area (TPSA) is 53.0 Å². The Hall–Kier alpha value is -1.01. The van der Waals surface area contributed by atoms with Crippen LogP contribution in [0.2, 0.25) is 5.02 Å². The Labute approximate surface area is 148 Å². The molecule has 7 heteroatoms. The number of likely N-dealkylation sites (N-methyl/N-ethyl adjacent to an activating group) is 1. The molecule has 0 saturated carbocycles. The third kappa shape index (κ3) is 6.55. The lowest BCUT2D eigenvalue weighted by Crippen LogP contribution is -2.45. The first-order valence-corrected chi connectivity index (χ1v) is 7.96. The van der Waals surface area contributed by atoms with Crippen LogP contribution in [0, 0.1) is 0 Å². The predicted octanol–water partition coefficient (Wildman–Crippen LogP) is 2.62. The Morgan fingerprint density at radius 3 is 2.65 bits per heavy atom. The molecule has 1 fully saturated rings. The van der Waals surface area contributed by atoms with E-state index in [0.717, 1.165) is 38.2 Å². The van der Waals surface area contributed by atoms with Crippen LogP contribution < -0.4 is 4.74 Å². The molecule has 1 saturated heterocycles. The molecule has 130 valence electrons. The maximum atomic E-state index is 10.7. The Bertz CT molecular complexity index is 494. The molecule has 0 spiro atoms. The number of nitrogens with zero attached hydrogens (tertiary/aromatic N) is 2. The van der Waals surface area contributed by atoms with E-state index in [1.807, 2.05) is 36.2 Å². The van der Waals surface area contributed by atoms with Crippen molar-refractivity contribution in [3.8, 4) is 5.75 Å². The van der Waals surface area contributed by atoms with E-state index in [2.05, 4.69) is 4.90 Å². The van der Waals surface area contributed by atoms with Crippen molar-refractivity contribution < 1.29 is 14.6 Å². The van der Waals surface area contributed by atoms with Crippen molar-refractivity contribution >= 4 is 30.0 Å². The van der Waals surface area contributed by atoms with Gasteiger partial charge < -0.3 is 9.84 Å². The lowest BCUT2D eigenvalue weighted by Gasteiger charge is -2.36. The summed E-state index contributed by atoms with van der Waals surface area (Å²) in [6.07, 6.45) is 1.99. The molecule has 1 aliphatic rings. The number of likely N-dealkylation sites (tertiary alicyclic amines) is 1. The number of para-hydroxylation sites is 1.